The number of hydrogen-bond donors (Lipinski definition) is 0. The number of para-hydroxylation sites is 1. The molecule has 36 heavy (non-hydrogen) atoms. The van der Waals surface area contributed by atoms with Gasteiger partial charge in [0.25, 0.3) is 0 Å². The van der Waals surface area contributed by atoms with Gasteiger partial charge in [0, 0.05) is 33.9 Å². The van der Waals surface area contributed by atoms with Crippen LogP contribution in [0.2, 0.25) is 0 Å². The van der Waals surface area contributed by atoms with E-state index in [4.69, 9.17) is 9.47 Å². The Morgan fingerprint density at radius 3 is 2.42 bits per heavy atom. The smallest absolute Gasteiger partial charge is 0.349 e. The summed E-state index contributed by atoms with van der Waals surface area (Å²) in [7, 11) is 0. The molecule has 0 bridgehead atoms. The fraction of sp³-hybridized carbons (Fsp3) is 0.367. The lowest BCUT2D eigenvalue weighted by molar-refractivity contribution is -0.147. The lowest BCUT2D eigenvalue weighted by Crippen LogP contribution is -2.15. The van der Waals surface area contributed by atoms with Crippen LogP contribution in [0.15, 0.2) is 60.2 Å². The first-order valence-electron chi connectivity index (χ1n) is 12.5. The molecule has 188 valence electrons. The zero-order chi connectivity index (χ0) is 26.1. The quantitative estimate of drug-likeness (QED) is 0.125. The van der Waals surface area contributed by atoms with Gasteiger partial charge in [-0.3, -0.25) is 0 Å². The van der Waals surface area contributed by atoms with Gasteiger partial charge in [0.1, 0.15) is 24.9 Å². The van der Waals surface area contributed by atoms with Crippen molar-refractivity contribution in [1.29, 1.82) is 5.26 Å². The summed E-state index contributed by atoms with van der Waals surface area (Å²) in [5.41, 5.74) is 3.22. The van der Waals surface area contributed by atoms with Crippen LogP contribution in [0.3, 0.4) is 0 Å². The minimum atomic E-state index is -0.756. The van der Waals surface area contributed by atoms with Crippen LogP contribution in [0.5, 0.6) is 0 Å². The first-order valence-corrected chi connectivity index (χ1v) is 12.5. The number of ether oxygens (including phenoxy) is 2. The van der Waals surface area contributed by atoms with Crippen molar-refractivity contribution >= 4 is 39.8 Å². The second-order valence-corrected chi connectivity index (χ2v) is 9.04. The topological polar surface area (TPSA) is 81.3 Å². The average molecular weight is 487 g/mol. The molecule has 3 aromatic rings. The molecule has 0 saturated heterocycles. The predicted molar refractivity (Wildman–Crippen MR) is 143 cm³/mol. The average Bonchev–Trinajstić information content (AvgIpc) is 3.19. The SMILES string of the molecule is C=C(C)C(=O)OCCOC(=O)/C(C#N)=C/c1ccc2c(c1)c1ccccc1n2CC(CC)CCCC. The van der Waals surface area contributed by atoms with Gasteiger partial charge in [-0.2, -0.15) is 5.26 Å². The number of fused-ring (bicyclic) bond motifs is 3. The molecule has 6 nitrogen and oxygen atoms in total. The van der Waals surface area contributed by atoms with Crippen molar-refractivity contribution in [3.8, 4) is 6.07 Å². The molecule has 1 unspecified atom stereocenters. The van der Waals surface area contributed by atoms with Crippen molar-refractivity contribution in [2.75, 3.05) is 13.2 Å². The predicted octanol–water partition coefficient (Wildman–Crippen LogP) is 6.58. The molecule has 1 aromatic heterocycles. The number of carbonyl (C=O) groups excluding carboxylic acids is 2. The van der Waals surface area contributed by atoms with Crippen molar-refractivity contribution in [3.05, 3.63) is 65.8 Å². The van der Waals surface area contributed by atoms with Crippen LogP contribution in [-0.2, 0) is 25.6 Å². The van der Waals surface area contributed by atoms with Crippen LogP contribution in [-0.4, -0.2) is 29.7 Å². The van der Waals surface area contributed by atoms with Crippen LogP contribution < -0.4 is 0 Å². The van der Waals surface area contributed by atoms with E-state index in [-0.39, 0.29) is 24.4 Å². The summed E-state index contributed by atoms with van der Waals surface area (Å²) in [6.45, 7) is 10.2. The molecule has 0 fully saturated rings. The molecule has 3 rings (SSSR count). The summed E-state index contributed by atoms with van der Waals surface area (Å²) >= 11 is 0. The summed E-state index contributed by atoms with van der Waals surface area (Å²) in [5, 5.41) is 11.8. The van der Waals surface area contributed by atoms with Crippen LogP contribution in [0.4, 0.5) is 0 Å². The molecule has 0 radical (unpaired) electrons. The maximum absolute atomic E-state index is 12.4. The molecule has 2 aromatic carbocycles. The number of benzene rings is 2. The first-order chi connectivity index (χ1) is 17.4. The minimum absolute atomic E-state index is 0.0986. The van der Waals surface area contributed by atoms with Gasteiger partial charge in [-0.1, -0.05) is 64.0 Å². The highest BCUT2D eigenvalue weighted by atomic mass is 16.6. The molecule has 1 heterocycles. The maximum Gasteiger partial charge on any atom is 0.349 e. The van der Waals surface area contributed by atoms with Gasteiger partial charge in [0.15, 0.2) is 0 Å². The fourth-order valence-electron chi connectivity index (χ4n) is 4.31. The maximum atomic E-state index is 12.4. The van der Waals surface area contributed by atoms with E-state index in [9.17, 15) is 14.9 Å². The van der Waals surface area contributed by atoms with E-state index < -0.39 is 11.9 Å². The minimum Gasteiger partial charge on any atom is -0.459 e. The van der Waals surface area contributed by atoms with Gasteiger partial charge in [0.05, 0.1) is 0 Å². The summed E-state index contributed by atoms with van der Waals surface area (Å²) in [4.78, 5) is 23.8. The summed E-state index contributed by atoms with van der Waals surface area (Å²) in [5.74, 6) is -0.698. The van der Waals surface area contributed by atoms with Gasteiger partial charge in [-0.05, 0) is 49.1 Å². The van der Waals surface area contributed by atoms with E-state index in [1.807, 2.05) is 24.3 Å². The molecule has 1 atom stereocenters. The third kappa shape index (κ3) is 6.42. The molecular weight excluding hydrogens is 452 g/mol. The van der Waals surface area contributed by atoms with E-state index in [1.54, 1.807) is 0 Å². The lowest BCUT2D eigenvalue weighted by atomic mass is 9.99. The number of nitrogens with zero attached hydrogens (tertiary/aromatic N) is 2. The van der Waals surface area contributed by atoms with Crippen LogP contribution in [0, 0.1) is 17.2 Å². The van der Waals surface area contributed by atoms with Gasteiger partial charge in [-0.15, -0.1) is 0 Å². The van der Waals surface area contributed by atoms with Gasteiger partial charge in [0.2, 0.25) is 0 Å². The monoisotopic (exact) mass is 486 g/mol. The normalized spacial score (nSPS) is 12.3. The molecule has 0 amide bonds. The Labute approximate surface area is 212 Å². The van der Waals surface area contributed by atoms with E-state index in [0.29, 0.717) is 5.92 Å². The first kappa shape index (κ1) is 26.7. The Hall–Kier alpha value is -3.85. The second-order valence-electron chi connectivity index (χ2n) is 9.04. The number of carbonyl (C=O) groups is 2. The molecule has 0 saturated carbocycles. The standard InChI is InChI=1S/C30H34N2O4/c1-5-7-10-22(6-2)20-32-27-12-9-8-11-25(27)26-18-23(13-14-28(26)32)17-24(19-31)30(34)36-16-15-35-29(33)21(3)4/h8-9,11-14,17-18,22H,3,5-7,10,15-16,20H2,1-2,4H3/b24-17+. The van der Waals surface area contributed by atoms with Crippen LogP contribution in [0.25, 0.3) is 27.9 Å². The Morgan fingerprint density at radius 2 is 1.75 bits per heavy atom. The van der Waals surface area contributed by atoms with Crippen LogP contribution >= 0.6 is 0 Å². The largest absolute Gasteiger partial charge is 0.459 e. The highest BCUT2D eigenvalue weighted by molar-refractivity contribution is 6.09. The molecule has 6 heteroatoms. The third-order valence-corrected chi connectivity index (χ3v) is 6.33. The fourth-order valence-corrected chi connectivity index (χ4v) is 4.31. The number of nitriles is 1. The number of hydrogen-bond acceptors (Lipinski definition) is 5. The zero-order valence-electron chi connectivity index (χ0n) is 21.4. The zero-order valence-corrected chi connectivity index (χ0v) is 21.4. The molecular formula is C30H34N2O4. The lowest BCUT2D eigenvalue weighted by Gasteiger charge is -2.17. The highest BCUT2D eigenvalue weighted by Crippen LogP contribution is 2.32. The van der Waals surface area contributed by atoms with E-state index >= 15 is 0 Å². The van der Waals surface area contributed by atoms with Crippen molar-refractivity contribution in [2.45, 2.75) is 53.0 Å². The van der Waals surface area contributed by atoms with Crippen molar-refractivity contribution in [1.82, 2.24) is 4.57 Å². The van der Waals surface area contributed by atoms with Crippen LogP contribution in [0.1, 0.15) is 52.0 Å². The van der Waals surface area contributed by atoms with Crippen molar-refractivity contribution in [2.24, 2.45) is 5.92 Å². The Bertz CT molecular complexity index is 1330. The van der Waals surface area contributed by atoms with Gasteiger partial charge >= 0.3 is 11.9 Å². The van der Waals surface area contributed by atoms with Crippen molar-refractivity contribution in [3.63, 3.8) is 0 Å². The number of aromatic nitrogens is 1. The summed E-state index contributed by atoms with van der Waals surface area (Å²) < 4.78 is 12.4. The Morgan fingerprint density at radius 1 is 1.06 bits per heavy atom. The summed E-state index contributed by atoms with van der Waals surface area (Å²) in [6, 6.07) is 16.3. The highest BCUT2D eigenvalue weighted by Gasteiger charge is 2.16. The molecule has 0 aliphatic carbocycles. The molecule has 0 aliphatic rings. The van der Waals surface area contributed by atoms with Gasteiger partial charge in [-0.25, -0.2) is 9.59 Å². The van der Waals surface area contributed by atoms with E-state index in [1.165, 1.54) is 37.8 Å². The van der Waals surface area contributed by atoms with E-state index in [2.05, 4.69) is 49.3 Å². The van der Waals surface area contributed by atoms with E-state index in [0.717, 1.165) is 34.8 Å². The molecule has 0 N–H and O–H groups in total. The third-order valence-electron chi connectivity index (χ3n) is 6.33. The number of esters is 2. The molecule has 0 aliphatic heterocycles. The number of rotatable bonds is 12. The Balaban J connectivity index is 1.85. The molecule has 0 spiro atoms. The Kier molecular flexibility index (Phi) is 9.46. The number of unbranched alkanes of at least 4 members (excludes halogenated alkanes) is 1. The van der Waals surface area contributed by atoms with Crippen molar-refractivity contribution < 1.29 is 19.1 Å². The summed E-state index contributed by atoms with van der Waals surface area (Å²) in [6.07, 6.45) is 6.30. The van der Waals surface area contributed by atoms with Gasteiger partial charge < -0.3 is 14.0 Å². The second kappa shape index (κ2) is 12.7.